The first kappa shape index (κ1) is 22.4. The topological polar surface area (TPSA) is 81.3 Å². The number of benzene rings is 1. The molecular formula is C17H15F6N5O3. The molecule has 31 heavy (non-hydrogen) atoms. The molecule has 1 aliphatic heterocycles. The number of rotatable bonds is 6. The minimum Gasteiger partial charge on any atom is -0.484 e. The van der Waals surface area contributed by atoms with Crippen LogP contribution in [0.2, 0.25) is 0 Å². The van der Waals surface area contributed by atoms with Crippen LogP contribution in [0.15, 0.2) is 45.5 Å². The third-order valence-corrected chi connectivity index (χ3v) is 3.89. The summed E-state index contributed by atoms with van der Waals surface area (Å²) in [5.41, 5.74) is -0.682. The van der Waals surface area contributed by atoms with Crippen molar-refractivity contribution in [3.63, 3.8) is 0 Å². The van der Waals surface area contributed by atoms with Crippen molar-refractivity contribution < 1.29 is 35.8 Å². The molecule has 1 aromatic carbocycles. The van der Waals surface area contributed by atoms with Crippen molar-refractivity contribution in [3.8, 4) is 17.4 Å². The third-order valence-electron chi connectivity index (χ3n) is 3.89. The first-order chi connectivity index (χ1) is 14.4. The summed E-state index contributed by atoms with van der Waals surface area (Å²) in [5, 5.41) is 9.11. The molecule has 0 radical (unpaired) electrons. The summed E-state index contributed by atoms with van der Waals surface area (Å²) >= 11 is 0. The monoisotopic (exact) mass is 451 g/mol. The SMILES string of the molecule is CN1CC(c2cc(=O)n(-c3ccc(OCC(F)(F)F)cc3)c(OCC(F)(F)F)n2)N=N1. The second-order valence-corrected chi connectivity index (χ2v) is 6.50. The van der Waals surface area contributed by atoms with Gasteiger partial charge in [0, 0.05) is 13.1 Å². The second-order valence-electron chi connectivity index (χ2n) is 6.50. The predicted molar refractivity (Wildman–Crippen MR) is 93.2 cm³/mol. The summed E-state index contributed by atoms with van der Waals surface area (Å²) in [6.07, 6.45) is -9.24. The van der Waals surface area contributed by atoms with Gasteiger partial charge < -0.3 is 9.47 Å². The van der Waals surface area contributed by atoms with E-state index >= 15 is 0 Å². The maximum absolute atomic E-state index is 12.7. The number of nitrogens with zero attached hydrogens (tertiary/aromatic N) is 5. The summed E-state index contributed by atoms with van der Waals surface area (Å²) < 4.78 is 84.9. The Balaban J connectivity index is 1.94. The molecule has 1 aromatic heterocycles. The molecule has 168 valence electrons. The molecule has 0 N–H and O–H groups in total. The van der Waals surface area contributed by atoms with E-state index in [1.807, 2.05) is 0 Å². The standard InChI is InChI=1S/C17H15F6N5O3/c1-27-7-13(25-26-27)12-6-14(29)28(15(24-12)31-9-17(21,22)23)10-2-4-11(5-3-10)30-8-16(18,19)20/h2-6,13H,7-9H2,1H3. The van der Waals surface area contributed by atoms with Gasteiger partial charge in [-0.3, -0.25) is 9.80 Å². The van der Waals surface area contributed by atoms with Crippen molar-refractivity contribution in [1.29, 1.82) is 0 Å². The highest BCUT2D eigenvalue weighted by Gasteiger charge is 2.31. The summed E-state index contributed by atoms with van der Waals surface area (Å²) in [6, 6.07) is 4.42. The average Bonchev–Trinajstić information content (AvgIpc) is 3.10. The van der Waals surface area contributed by atoms with Crippen molar-refractivity contribution in [1.82, 2.24) is 14.6 Å². The molecule has 2 heterocycles. The van der Waals surface area contributed by atoms with Crippen LogP contribution >= 0.6 is 0 Å². The fraction of sp³-hybridized carbons (Fsp3) is 0.412. The number of alkyl halides is 6. The Morgan fingerprint density at radius 3 is 2.19 bits per heavy atom. The van der Waals surface area contributed by atoms with Crippen LogP contribution in [0.5, 0.6) is 11.8 Å². The number of aromatic nitrogens is 2. The predicted octanol–water partition coefficient (Wildman–Crippen LogP) is 3.47. The van der Waals surface area contributed by atoms with Crippen LogP contribution in [0.1, 0.15) is 11.7 Å². The van der Waals surface area contributed by atoms with Gasteiger partial charge in [-0.15, -0.1) is 0 Å². The Morgan fingerprint density at radius 1 is 1.03 bits per heavy atom. The van der Waals surface area contributed by atoms with Crippen molar-refractivity contribution >= 4 is 0 Å². The molecule has 3 rings (SSSR count). The molecule has 0 saturated carbocycles. The highest BCUT2D eigenvalue weighted by atomic mass is 19.4. The van der Waals surface area contributed by atoms with Gasteiger partial charge in [-0.05, 0) is 24.3 Å². The lowest BCUT2D eigenvalue weighted by atomic mass is 10.2. The molecule has 1 aliphatic rings. The molecular weight excluding hydrogens is 436 g/mol. The lowest BCUT2D eigenvalue weighted by Gasteiger charge is -2.16. The van der Waals surface area contributed by atoms with Gasteiger partial charge in [0.1, 0.15) is 11.8 Å². The molecule has 1 atom stereocenters. The quantitative estimate of drug-likeness (QED) is 0.629. The zero-order chi connectivity index (χ0) is 22.8. The second kappa shape index (κ2) is 8.43. The van der Waals surface area contributed by atoms with Crippen molar-refractivity contribution in [2.75, 3.05) is 26.8 Å². The molecule has 0 aliphatic carbocycles. The van der Waals surface area contributed by atoms with Crippen LogP contribution < -0.4 is 15.0 Å². The fourth-order valence-corrected chi connectivity index (χ4v) is 2.61. The summed E-state index contributed by atoms with van der Waals surface area (Å²) in [6.45, 7) is -2.96. The largest absolute Gasteiger partial charge is 0.484 e. The summed E-state index contributed by atoms with van der Waals surface area (Å²) in [4.78, 5) is 16.7. The normalized spacial score (nSPS) is 16.6. The van der Waals surface area contributed by atoms with Gasteiger partial charge in [-0.25, -0.2) is 4.57 Å². The van der Waals surface area contributed by atoms with E-state index in [2.05, 4.69) is 20.1 Å². The van der Waals surface area contributed by atoms with E-state index in [1.54, 1.807) is 7.05 Å². The van der Waals surface area contributed by atoms with Crippen molar-refractivity contribution in [2.45, 2.75) is 18.4 Å². The zero-order valence-corrected chi connectivity index (χ0v) is 15.8. The summed E-state index contributed by atoms with van der Waals surface area (Å²) in [5.74, 6) is -0.147. The van der Waals surface area contributed by atoms with Crippen LogP contribution in [0.25, 0.3) is 5.69 Å². The Bertz CT molecular complexity index is 1000. The first-order valence-electron chi connectivity index (χ1n) is 8.67. The molecule has 0 spiro atoms. The van der Waals surface area contributed by atoms with Crippen LogP contribution in [-0.2, 0) is 0 Å². The average molecular weight is 451 g/mol. The van der Waals surface area contributed by atoms with E-state index in [-0.39, 0.29) is 23.7 Å². The van der Waals surface area contributed by atoms with E-state index in [4.69, 9.17) is 4.74 Å². The van der Waals surface area contributed by atoms with E-state index in [9.17, 15) is 31.1 Å². The summed E-state index contributed by atoms with van der Waals surface area (Å²) in [7, 11) is 1.62. The number of likely N-dealkylation sites (N-methyl/N-ethyl adjacent to an activating group) is 1. The van der Waals surface area contributed by atoms with E-state index in [0.29, 0.717) is 0 Å². The molecule has 14 heteroatoms. The van der Waals surface area contributed by atoms with Crippen molar-refractivity contribution in [3.05, 3.63) is 46.4 Å². The first-order valence-corrected chi connectivity index (χ1v) is 8.67. The molecule has 0 amide bonds. The Labute approximate surface area is 170 Å². The van der Waals surface area contributed by atoms with Gasteiger partial charge in [0.15, 0.2) is 13.2 Å². The van der Waals surface area contributed by atoms with Gasteiger partial charge in [0.25, 0.3) is 5.56 Å². The lowest BCUT2D eigenvalue weighted by Crippen LogP contribution is -2.27. The van der Waals surface area contributed by atoms with Crippen LogP contribution in [0.3, 0.4) is 0 Å². The molecule has 0 bridgehead atoms. The van der Waals surface area contributed by atoms with Gasteiger partial charge in [0.05, 0.1) is 17.9 Å². The zero-order valence-electron chi connectivity index (χ0n) is 15.8. The number of hydrogen-bond donors (Lipinski definition) is 0. The minimum atomic E-state index is -4.69. The fourth-order valence-electron chi connectivity index (χ4n) is 2.61. The molecule has 0 fully saturated rings. The van der Waals surface area contributed by atoms with E-state index in [1.165, 1.54) is 17.1 Å². The molecule has 1 unspecified atom stereocenters. The van der Waals surface area contributed by atoms with Crippen LogP contribution in [-0.4, -0.2) is 53.7 Å². The van der Waals surface area contributed by atoms with Crippen LogP contribution in [0, 0.1) is 0 Å². The Kier molecular flexibility index (Phi) is 6.08. The van der Waals surface area contributed by atoms with Gasteiger partial charge in [-0.1, -0.05) is 5.22 Å². The molecule has 0 saturated heterocycles. The van der Waals surface area contributed by atoms with Gasteiger partial charge in [-0.2, -0.15) is 36.4 Å². The Morgan fingerprint density at radius 2 is 1.65 bits per heavy atom. The van der Waals surface area contributed by atoms with Gasteiger partial charge in [0.2, 0.25) is 0 Å². The van der Waals surface area contributed by atoms with E-state index in [0.717, 1.165) is 22.8 Å². The van der Waals surface area contributed by atoms with Gasteiger partial charge >= 0.3 is 18.4 Å². The molecule has 8 nitrogen and oxygen atoms in total. The highest BCUT2D eigenvalue weighted by molar-refractivity contribution is 5.39. The highest BCUT2D eigenvalue weighted by Crippen LogP contribution is 2.26. The van der Waals surface area contributed by atoms with E-state index < -0.39 is 43.2 Å². The van der Waals surface area contributed by atoms with Crippen LogP contribution in [0.4, 0.5) is 26.3 Å². The number of hydrogen-bond acceptors (Lipinski definition) is 7. The Hall–Kier alpha value is -3.32. The number of ether oxygens (including phenoxy) is 2. The smallest absolute Gasteiger partial charge is 0.422 e. The third kappa shape index (κ3) is 6.08. The maximum Gasteiger partial charge on any atom is 0.422 e. The van der Waals surface area contributed by atoms with Crippen molar-refractivity contribution in [2.24, 2.45) is 10.3 Å². The number of halogens is 6. The minimum absolute atomic E-state index is 0.0192. The maximum atomic E-state index is 12.7. The molecule has 2 aromatic rings. The lowest BCUT2D eigenvalue weighted by molar-refractivity contribution is -0.155.